The summed E-state index contributed by atoms with van der Waals surface area (Å²) >= 11 is 6.29. The summed E-state index contributed by atoms with van der Waals surface area (Å²) in [7, 11) is 0. The highest BCUT2D eigenvalue weighted by molar-refractivity contribution is 6.32. The molecule has 2 aromatic rings. The molecule has 3 heterocycles. The zero-order valence-electron chi connectivity index (χ0n) is 13.5. The maximum absolute atomic E-state index is 6.29. The van der Waals surface area contributed by atoms with Crippen molar-refractivity contribution >= 4 is 35.3 Å². The Labute approximate surface area is 146 Å². The zero-order valence-corrected chi connectivity index (χ0v) is 14.2. The van der Waals surface area contributed by atoms with Crippen LogP contribution in [0.15, 0.2) is 29.4 Å². The topological polar surface area (TPSA) is 65.4 Å². The maximum Gasteiger partial charge on any atom is 0.227 e. The van der Waals surface area contributed by atoms with E-state index >= 15 is 0 Å². The molecule has 2 aliphatic heterocycles. The minimum absolute atomic E-state index is 0.351. The van der Waals surface area contributed by atoms with Crippen molar-refractivity contribution < 1.29 is 0 Å². The van der Waals surface area contributed by atoms with E-state index in [2.05, 4.69) is 49.6 Å². The number of benzene rings is 1. The van der Waals surface area contributed by atoms with E-state index in [1.165, 1.54) is 5.56 Å². The lowest BCUT2D eigenvalue weighted by Gasteiger charge is -2.34. The third-order valence-electron chi connectivity index (χ3n) is 4.39. The molecular formula is C17H19ClN6. The smallest absolute Gasteiger partial charge is 0.227 e. The molecule has 1 aromatic carbocycles. The van der Waals surface area contributed by atoms with E-state index in [0.717, 1.165) is 37.4 Å². The van der Waals surface area contributed by atoms with Gasteiger partial charge in [-0.1, -0.05) is 17.7 Å². The molecule has 1 saturated heterocycles. The van der Waals surface area contributed by atoms with Crippen LogP contribution in [0.2, 0.25) is 5.02 Å². The highest BCUT2D eigenvalue weighted by Crippen LogP contribution is 2.27. The van der Waals surface area contributed by atoms with Crippen LogP contribution in [-0.4, -0.2) is 41.9 Å². The average molecular weight is 343 g/mol. The van der Waals surface area contributed by atoms with Gasteiger partial charge >= 0.3 is 0 Å². The van der Waals surface area contributed by atoms with Crippen LogP contribution in [0.5, 0.6) is 0 Å². The molecule has 1 unspecified atom stereocenters. The molecule has 124 valence electrons. The van der Waals surface area contributed by atoms with Crippen LogP contribution in [-0.2, 0) is 6.54 Å². The second-order valence-corrected chi connectivity index (χ2v) is 6.53. The number of aromatic nitrogens is 2. The van der Waals surface area contributed by atoms with E-state index < -0.39 is 0 Å². The predicted octanol–water partition coefficient (Wildman–Crippen LogP) is 2.60. The number of fused-ring (bicyclic) bond motifs is 1. The van der Waals surface area contributed by atoms with Gasteiger partial charge in [0.15, 0.2) is 5.82 Å². The Morgan fingerprint density at radius 3 is 3.17 bits per heavy atom. The summed E-state index contributed by atoms with van der Waals surface area (Å²) in [5, 5.41) is 7.19. The third-order valence-corrected chi connectivity index (χ3v) is 4.67. The van der Waals surface area contributed by atoms with Gasteiger partial charge < -0.3 is 15.5 Å². The normalized spacial score (nSPS) is 19.4. The molecule has 2 aliphatic rings. The van der Waals surface area contributed by atoms with Gasteiger partial charge in [0.1, 0.15) is 5.02 Å². The Balaban J connectivity index is 1.60. The molecule has 7 heteroatoms. The molecular weight excluding hydrogens is 324 g/mol. The fourth-order valence-electron chi connectivity index (χ4n) is 3.04. The number of nitrogens with one attached hydrogen (secondary N) is 2. The van der Waals surface area contributed by atoms with Crippen molar-refractivity contribution in [1.29, 1.82) is 0 Å². The second-order valence-electron chi connectivity index (χ2n) is 6.12. The zero-order chi connectivity index (χ0) is 16.5. The third kappa shape index (κ3) is 2.95. The van der Waals surface area contributed by atoms with Crippen molar-refractivity contribution in [2.45, 2.75) is 19.5 Å². The molecule has 2 N–H and O–H groups in total. The summed E-state index contributed by atoms with van der Waals surface area (Å²) in [6.45, 7) is 5.67. The van der Waals surface area contributed by atoms with E-state index in [1.54, 1.807) is 6.20 Å². The van der Waals surface area contributed by atoms with Crippen LogP contribution in [0.25, 0.3) is 0 Å². The molecule has 1 fully saturated rings. The van der Waals surface area contributed by atoms with E-state index in [9.17, 15) is 0 Å². The van der Waals surface area contributed by atoms with Crippen LogP contribution < -0.4 is 15.5 Å². The number of aliphatic imine (C=N–C) groups is 1. The standard InChI is InChI=1S/C17H19ClN6/c1-11-7-19-4-5-24(11)17-21-10-15(18)16(23-17)22-14-3-2-12-8-20-9-13(12)6-14/h2-3,6,9-11,19H,4-5,7-8H2,1H3,(H,21,22,23). The molecule has 0 radical (unpaired) electrons. The Hall–Kier alpha value is -2.18. The van der Waals surface area contributed by atoms with Crippen molar-refractivity contribution in [3.63, 3.8) is 0 Å². The summed E-state index contributed by atoms with van der Waals surface area (Å²) in [5.41, 5.74) is 3.33. The van der Waals surface area contributed by atoms with Gasteiger partial charge in [-0.3, -0.25) is 4.99 Å². The molecule has 0 saturated carbocycles. The van der Waals surface area contributed by atoms with Crippen molar-refractivity contribution in [3.05, 3.63) is 40.5 Å². The summed E-state index contributed by atoms with van der Waals surface area (Å²) in [5.74, 6) is 1.33. The molecule has 6 nitrogen and oxygen atoms in total. The molecule has 24 heavy (non-hydrogen) atoms. The second kappa shape index (κ2) is 6.37. The van der Waals surface area contributed by atoms with Crippen LogP contribution in [0.4, 0.5) is 17.5 Å². The Morgan fingerprint density at radius 2 is 2.29 bits per heavy atom. The van der Waals surface area contributed by atoms with Crippen molar-refractivity contribution in [2.75, 3.05) is 29.9 Å². The lowest BCUT2D eigenvalue weighted by atomic mass is 10.1. The van der Waals surface area contributed by atoms with Gasteiger partial charge in [0.2, 0.25) is 5.95 Å². The van der Waals surface area contributed by atoms with Gasteiger partial charge in [0, 0.05) is 37.6 Å². The molecule has 0 spiro atoms. The first-order chi connectivity index (χ1) is 11.7. The van der Waals surface area contributed by atoms with Gasteiger partial charge in [-0.15, -0.1) is 0 Å². The fourth-order valence-corrected chi connectivity index (χ4v) is 3.18. The van der Waals surface area contributed by atoms with E-state index in [4.69, 9.17) is 11.6 Å². The first-order valence-electron chi connectivity index (χ1n) is 8.10. The van der Waals surface area contributed by atoms with E-state index in [-0.39, 0.29) is 0 Å². The largest absolute Gasteiger partial charge is 0.339 e. The predicted molar refractivity (Wildman–Crippen MR) is 97.7 cm³/mol. The molecule has 0 amide bonds. The highest BCUT2D eigenvalue weighted by Gasteiger charge is 2.21. The number of halogens is 1. The molecule has 0 bridgehead atoms. The Morgan fingerprint density at radius 1 is 1.38 bits per heavy atom. The Kier molecular flexibility index (Phi) is 4.08. The first kappa shape index (κ1) is 15.4. The highest BCUT2D eigenvalue weighted by atomic mass is 35.5. The molecule has 1 aromatic heterocycles. The fraction of sp³-hybridized carbons (Fsp3) is 0.353. The van der Waals surface area contributed by atoms with E-state index in [1.807, 2.05) is 12.3 Å². The van der Waals surface area contributed by atoms with Gasteiger partial charge in [-0.25, -0.2) is 4.98 Å². The summed E-state index contributed by atoms with van der Waals surface area (Å²) in [6, 6.07) is 6.53. The molecule has 0 aliphatic carbocycles. The van der Waals surface area contributed by atoms with E-state index in [0.29, 0.717) is 22.8 Å². The number of hydrogen-bond acceptors (Lipinski definition) is 6. The molecule has 1 atom stereocenters. The van der Waals surface area contributed by atoms with Crippen LogP contribution in [0.1, 0.15) is 18.1 Å². The van der Waals surface area contributed by atoms with Gasteiger partial charge in [-0.05, 0) is 30.2 Å². The number of hydrogen-bond donors (Lipinski definition) is 2. The summed E-state index contributed by atoms with van der Waals surface area (Å²) < 4.78 is 0. The lowest BCUT2D eigenvalue weighted by Crippen LogP contribution is -2.50. The first-order valence-corrected chi connectivity index (χ1v) is 8.48. The quantitative estimate of drug-likeness (QED) is 0.897. The van der Waals surface area contributed by atoms with Gasteiger partial charge in [-0.2, -0.15) is 4.98 Å². The van der Waals surface area contributed by atoms with Crippen molar-refractivity contribution in [2.24, 2.45) is 4.99 Å². The minimum Gasteiger partial charge on any atom is -0.339 e. The minimum atomic E-state index is 0.351. The number of anilines is 3. The molecule has 4 rings (SSSR count). The summed E-state index contributed by atoms with van der Waals surface area (Å²) in [4.78, 5) is 15.5. The van der Waals surface area contributed by atoms with Gasteiger partial charge in [0.05, 0.1) is 12.7 Å². The maximum atomic E-state index is 6.29. The number of nitrogens with zero attached hydrogens (tertiary/aromatic N) is 4. The monoisotopic (exact) mass is 342 g/mol. The number of piperazine rings is 1. The lowest BCUT2D eigenvalue weighted by molar-refractivity contribution is 0.493. The average Bonchev–Trinajstić information content (AvgIpc) is 3.05. The SMILES string of the molecule is CC1CNCCN1c1ncc(Cl)c(Nc2ccc3c(c2)C=NC3)n1. The van der Waals surface area contributed by atoms with Crippen molar-refractivity contribution in [1.82, 2.24) is 15.3 Å². The van der Waals surface area contributed by atoms with Crippen LogP contribution in [0, 0.1) is 0 Å². The summed E-state index contributed by atoms with van der Waals surface area (Å²) in [6.07, 6.45) is 3.56. The Bertz CT molecular complexity index is 791. The number of rotatable bonds is 3. The van der Waals surface area contributed by atoms with Crippen LogP contribution >= 0.6 is 11.6 Å². The van der Waals surface area contributed by atoms with Crippen molar-refractivity contribution in [3.8, 4) is 0 Å². The van der Waals surface area contributed by atoms with Crippen LogP contribution in [0.3, 0.4) is 0 Å². The van der Waals surface area contributed by atoms with Gasteiger partial charge in [0.25, 0.3) is 0 Å².